The summed E-state index contributed by atoms with van der Waals surface area (Å²) in [6, 6.07) is 14.1. The second kappa shape index (κ2) is 6.65. The van der Waals surface area contributed by atoms with Gasteiger partial charge in [0.05, 0.1) is 0 Å². The normalized spacial score (nSPS) is 18.0. The van der Waals surface area contributed by atoms with Crippen molar-refractivity contribution in [1.29, 1.82) is 0 Å². The lowest BCUT2D eigenvalue weighted by Crippen LogP contribution is -2.57. The van der Waals surface area contributed by atoms with Crippen molar-refractivity contribution in [3.05, 3.63) is 64.7 Å². The Hall–Kier alpha value is -2.33. The molecule has 124 valence electrons. The Morgan fingerprint density at radius 2 is 1.67 bits per heavy atom. The van der Waals surface area contributed by atoms with Crippen molar-refractivity contribution in [2.45, 2.75) is 19.9 Å². The van der Waals surface area contributed by atoms with Crippen LogP contribution in [0.15, 0.2) is 48.5 Å². The molecule has 4 nitrogen and oxygen atoms in total. The van der Waals surface area contributed by atoms with Crippen molar-refractivity contribution < 1.29 is 9.59 Å². The minimum Gasteiger partial charge on any atom is -0.325 e. The van der Waals surface area contributed by atoms with Gasteiger partial charge < -0.3 is 9.80 Å². The molecule has 0 aliphatic carbocycles. The van der Waals surface area contributed by atoms with Gasteiger partial charge in [-0.15, -0.1) is 0 Å². The van der Waals surface area contributed by atoms with Crippen molar-refractivity contribution >= 4 is 29.1 Å². The predicted molar refractivity (Wildman–Crippen MR) is 95.5 cm³/mol. The van der Waals surface area contributed by atoms with Gasteiger partial charge in [-0.1, -0.05) is 29.3 Å². The van der Waals surface area contributed by atoms with E-state index in [1.807, 2.05) is 31.2 Å². The molecule has 1 aliphatic rings. The number of piperazine rings is 1. The second-order valence-electron chi connectivity index (χ2n) is 6.01. The van der Waals surface area contributed by atoms with Gasteiger partial charge in [-0.2, -0.15) is 0 Å². The first-order valence-corrected chi connectivity index (χ1v) is 8.30. The first-order valence-electron chi connectivity index (χ1n) is 7.92. The number of rotatable bonds is 2. The van der Waals surface area contributed by atoms with Gasteiger partial charge in [0.15, 0.2) is 0 Å². The van der Waals surface area contributed by atoms with Crippen LogP contribution in [0.5, 0.6) is 0 Å². The van der Waals surface area contributed by atoms with Crippen molar-refractivity contribution in [3.63, 3.8) is 0 Å². The first kappa shape index (κ1) is 16.5. The van der Waals surface area contributed by atoms with Crippen molar-refractivity contribution in [2.75, 3.05) is 18.0 Å². The summed E-state index contributed by atoms with van der Waals surface area (Å²) >= 11 is 5.90. The lowest BCUT2D eigenvalue weighted by atomic mass is 10.1. The topological polar surface area (TPSA) is 40.6 Å². The predicted octanol–water partition coefficient (Wildman–Crippen LogP) is 3.53. The first-order chi connectivity index (χ1) is 11.5. The van der Waals surface area contributed by atoms with Crippen molar-refractivity contribution in [3.8, 4) is 0 Å². The lowest BCUT2D eigenvalue weighted by Gasteiger charge is -2.39. The molecule has 1 saturated heterocycles. The molecular weight excluding hydrogens is 324 g/mol. The summed E-state index contributed by atoms with van der Waals surface area (Å²) in [5, 5.41) is 0.632. The molecular formula is C19H19ClN2O2. The number of nitrogens with zero attached hydrogens (tertiary/aromatic N) is 2. The summed E-state index contributed by atoms with van der Waals surface area (Å²) in [5.41, 5.74) is 2.52. The zero-order valence-corrected chi connectivity index (χ0v) is 14.5. The van der Waals surface area contributed by atoms with E-state index in [-0.39, 0.29) is 11.8 Å². The number of amides is 2. The Morgan fingerprint density at radius 1 is 1.04 bits per heavy atom. The molecule has 0 bridgehead atoms. The lowest BCUT2D eigenvalue weighted by molar-refractivity contribution is -0.124. The fraction of sp³-hybridized carbons (Fsp3) is 0.263. The molecule has 2 aromatic rings. The average molecular weight is 343 g/mol. The largest absolute Gasteiger partial charge is 0.325 e. The summed E-state index contributed by atoms with van der Waals surface area (Å²) < 4.78 is 0. The molecule has 0 aromatic heterocycles. The van der Waals surface area contributed by atoms with Crippen molar-refractivity contribution in [2.24, 2.45) is 0 Å². The fourth-order valence-electron chi connectivity index (χ4n) is 2.89. The van der Waals surface area contributed by atoms with Crippen LogP contribution in [0.1, 0.15) is 22.8 Å². The second-order valence-corrected chi connectivity index (χ2v) is 6.44. The SMILES string of the molecule is Cc1ccc(C(=O)N2CCN(c3ccc(Cl)cc3)C(=O)[C@H]2C)cc1. The third-order valence-corrected chi connectivity index (χ3v) is 4.61. The van der Waals surface area contributed by atoms with Crippen LogP contribution in [-0.2, 0) is 4.79 Å². The van der Waals surface area contributed by atoms with Gasteiger partial charge in [0.1, 0.15) is 6.04 Å². The number of aryl methyl sites for hydroxylation is 1. The van der Waals surface area contributed by atoms with Gasteiger partial charge >= 0.3 is 0 Å². The average Bonchev–Trinajstić information content (AvgIpc) is 2.58. The summed E-state index contributed by atoms with van der Waals surface area (Å²) in [6.45, 7) is 4.73. The number of halogens is 1. The highest BCUT2D eigenvalue weighted by atomic mass is 35.5. The van der Waals surface area contributed by atoms with Crippen LogP contribution in [-0.4, -0.2) is 35.8 Å². The van der Waals surface area contributed by atoms with Crippen LogP contribution in [0.25, 0.3) is 0 Å². The van der Waals surface area contributed by atoms with Gasteiger partial charge in [-0.25, -0.2) is 0 Å². The summed E-state index contributed by atoms with van der Waals surface area (Å²) in [5.74, 6) is -0.185. The van der Waals surface area contributed by atoms with Gasteiger partial charge in [0.2, 0.25) is 5.91 Å². The maximum absolute atomic E-state index is 12.7. The fourth-order valence-corrected chi connectivity index (χ4v) is 3.01. The minimum atomic E-state index is -0.497. The third-order valence-electron chi connectivity index (χ3n) is 4.35. The van der Waals surface area contributed by atoms with Crippen LogP contribution in [0.3, 0.4) is 0 Å². The highest BCUT2D eigenvalue weighted by Gasteiger charge is 2.35. The van der Waals surface area contributed by atoms with E-state index in [0.717, 1.165) is 11.3 Å². The van der Waals surface area contributed by atoms with Gasteiger partial charge in [0, 0.05) is 29.4 Å². The summed E-state index contributed by atoms with van der Waals surface area (Å²) in [7, 11) is 0. The van der Waals surface area contributed by atoms with Crippen LogP contribution in [0.4, 0.5) is 5.69 Å². The number of anilines is 1. The molecule has 0 spiro atoms. The molecule has 0 saturated carbocycles. The zero-order valence-electron chi connectivity index (χ0n) is 13.7. The van der Waals surface area contributed by atoms with Crippen LogP contribution in [0.2, 0.25) is 5.02 Å². The van der Waals surface area contributed by atoms with E-state index in [2.05, 4.69) is 0 Å². The zero-order chi connectivity index (χ0) is 17.3. The third kappa shape index (κ3) is 3.15. The quantitative estimate of drug-likeness (QED) is 0.837. The van der Waals surface area contributed by atoms with Gasteiger partial charge in [-0.05, 0) is 50.2 Å². The summed E-state index contributed by atoms with van der Waals surface area (Å²) in [6.07, 6.45) is 0. The van der Waals surface area contributed by atoms with Crippen molar-refractivity contribution in [1.82, 2.24) is 4.90 Å². The summed E-state index contributed by atoms with van der Waals surface area (Å²) in [4.78, 5) is 28.7. The Balaban J connectivity index is 1.78. The van der Waals surface area contributed by atoms with E-state index < -0.39 is 6.04 Å². The molecule has 1 fully saturated rings. The van der Waals surface area contributed by atoms with Crippen LogP contribution < -0.4 is 4.90 Å². The standard InChI is InChI=1S/C19H19ClN2O2/c1-13-3-5-15(6-4-13)19(24)21-11-12-22(18(23)14(21)2)17-9-7-16(20)8-10-17/h3-10,14H,11-12H2,1-2H3/t14-/m1/s1. The monoisotopic (exact) mass is 342 g/mol. The highest BCUT2D eigenvalue weighted by Crippen LogP contribution is 2.23. The molecule has 1 aliphatic heterocycles. The molecule has 0 N–H and O–H groups in total. The van der Waals surface area contributed by atoms with E-state index in [1.165, 1.54) is 0 Å². The van der Waals surface area contributed by atoms with Gasteiger partial charge in [0.25, 0.3) is 5.91 Å². The maximum Gasteiger partial charge on any atom is 0.254 e. The number of benzene rings is 2. The maximum atomic E-state index is 12.7. The van der Waals surface area contributed by atoms with E-state index in [9.17, 15) is 9.59 Å². The van der Waals surface area contributed by atoms with E-state index in [0.29, 0.717) is 23.7 Å². The molecule has 24 heavy (non-hydrogen) atoms. The smallest absolute Gasteiger partial charge is 0.254 e. The minimum absolute atomic E-state index is 0.0796. The van der Waals surface area contributed by atoms with Gasteiger partial charge in [-0.3, -0.25) is 9.59 Å². The number of carbonyl (C=O) groups excluding carboxylic acids is 2. The highest BCUT2D eigenvalue weighted by molar-refractivity contribution is 6.30. The van der Waals surface area contributed by atoms with E-state index in [1.54, 1.807) is 41.0 Å². The van der Waals surface area contributed by atoms with E-state index in [4.69, 9.17) is 11.6 Å². The molecule has 2 aromatic carbocycles. The number of hydrogen-bond donors (Lipinski definition) is 0. The molecule has 5 heteroatoms. The number of hydrogen-bond acceptors (Lipinski definition) is 2. The van der Waals surface area contributed by atoms with E-state index >= 15 is 0 Å². The Labute approximate surface area is 146 Å². The molecule has 2 amide bonds. The van der Waals surface area contributed by atoms with Crippen LogP contribution >= 0.6 is 11.6 Å². The Kier molecular flexibility index (Phi) is 4.58. The van der Waals surface area contributed by atoms with Crippen LogP contribution in [0, 0.1) is 6.92 Å². The molecule has 0 unspecified atom stereocenters. The Bertz CT molecular complexity index is 756. The molecule has 0 radical (unpaired) electrons. The number of carbonyl (C=O) groups is 2. The molecule has 1 atom stereocenters. The molecule has 1 heterocycles. The molecule has 3 rings (SSSR count). The Morgan fingerprint density at radius 3 is 2.29 bits per heavy atom.